The van der Waals surface area contributed by atoms with Crippen LogP contribution in [-0.2, 0) is 23.5 Å². The van der Waals surface area contributed by atoms with Crippen LogP contribution in [0.25, 0.3) is 0 Å². The molecule has 0 fully saturated rings. The highest BCUT2D eigenvalue weighted by Gasteiger charge is 2.12. The summed E-state index contributed by atoms with van der Waals surface area (Å²) in [5, 5.41) is 2.71. The van der Waals surface area contributed by atoms with E-state index in [1.807, 2.05) is 23.6 Å². The Kier molecular flexibility index (Phi) is 5.49. The normalized spacial score (nSPS) is 10.5. The molecule has 106 valence electrons. The van der Waals surface area contributed by atoms with E-state index < -0.39 is 0 Å². The average Bonchev–Trinajstić information content (AvgIpc) is 2.93. The number of carbonyl (C=O) groups is 1. The molecule has 1 amide bonds. The largest absolute Gasteiger partial charge is 0.345 e. The number of halogens is 1. The van der Waals surface area contributed by atoms with E-state index in [9.17, 15) is 4.79 Å². The van der Waals surface area contributed by atoms with E-state index in [1.54, 1.807) is 18.1 Å². The Bertz CT molecular complexity index is 559. The molecule has 0 aliphatic carbocycles. The summed E-state index contributed by atoms with van der Waals surface area (Å²) in [5.41, 5.74) is 1.82. The zero-order valence-electron chi connectivity index (χ0n) is 11.3. The minimum absolute atomic E-state index is 0.0661. The number of nitrogens with zero attached hydrogens (tertiary/aromatic N) is 3. The number of hydrogen-bond acceptors (Lipinski definition) is 4. The van der Waals surface area contributed by atoms with Crippen LogP contribution in [-0.4, -0.2) is 34.4 Å². The Morgan fingerprint density at radius 2 is 2.25 bits per heavy atom. The lowest BCUT2D eigenvalue weighted by Crippen LogP contribution is -2.30. The van der Waals surface area contributed by atoms with Gasteiger partial charge in [-0.1, -0.05) is 6.07 Å². The quantitative estimate of drug-likeness (QED) is 0.770. The molecular weight excluding hydrogens is 294 g/mol. The standard InChI is InChI=1S/C14H16ClN3OS/c1-18(7-5-11-4-2-3-6-16-11)14(19)8-13-17-12(9-15)10-20-13/h2-4,6,10H,5,7-9H2,1H3. The summed E-state index contributed by atoms with van der Waals surface area (Å²) in [6.45, 7) is 0.656. The van der Waals surface area contributed by atoms with Crippen LogP contribution in [0.2, 0.25) is 0 Å². The molecule has 2 rings (SSSR count). The van der Waals surface area contributed by atoms with Gasteiger partial charge in [0.25, 0.3) is 0 Å². The Labute approximate surface area is 127 Å². The molecule has 0 saturated carbocycles. The van der Waals surface area contributed by atoms with Crippen LogP contribution in [0.15, 0.2) is 29.8 Å². The summed E-state index contributed by atoms with van der Waals surface area (Å²) < 4.78 is 0. The first kappa shape index (κ1) is 14.9. The van der Waals surface area contributed by atoms with E-state index in [2.05, 4.69) is 9.97 Å². The van der Waals surface area contributed by atoms with Gasteiger partial charge >= 0.3 is 0 Å². The molecule has 0 unspecified atom stereocenters. The summed E-state index contributed by atoms with van der Waals surface area (Å²) >= 11 is 7.18. The van der Waals surface area contributed by atoms with Gasteiger partial charge in [0.1, 0.15) is 5.01 Å². The zero-order chi connectivity index (χ0) is 14.4. The third-order valence-corrected chi connectivity index (χ3v) is 4.07. The lowest BCUT2D eigenvalue weighted by Gasteiger charge is -2.16. The molecule has 4 nitrogen and oxygen atoms in total. The lowest BCUT2D eigenvalue weighted by molar-refractivity contribution is -0.129. The van der Waals surface area contributed by atoms with Crippen molar-refractivity contribution in [1.82, 2.24) is 14.9 Å². The minimum atomic E-state index is 0.0661. The second kappa shape index (κ2) is 7.36. The number of hydrogen-bond donors (Lipinski definition) is 0. The van der Waals surface area contributed by atoms with Crippen molar-refractivity contribution in [1.29, 1.82) is 0 Å². The fraction of sp³-hybridized carbons (Fsp3) is 0.357. The van der Waals surface area contributed by atoms with Gasteiger partial charge in [-0.2, -0.15) is 0 Å². The Morgan fingerprint density at radius 3 is 2.90 bits per heavy atom. The first-order chi connectivity index (χ1) is 9.69. The monoisotopic (exact) mass is 309 g/mol. The number of aromatic nitrogens is 2. The van der Waals surface area contributed by atoms with Gasteiger partial charge in [-0.25, -0.2) is 4.98 Å². The van der Waals surface area contributed by atoms with Gasteiger partial charge in [-0.05, 0) is 12.1 Å². The van der Waals surface area contributed by atoms with Gasteiger partial charge in [-0.3, -0.25) is 9.78 Å². The van der Waals surface area contributed by atoms with Gasteiger partial charge in [0.2, 0.25) is 5.91 Å². The van der Waals surface area contributed by atoms with Crippen molar-refractivity contribution < 1.29 is 4.79 Å². The van der Waals surface area contributed by atoms with E-state index >= 15 is 0 Å². The maximum Gasteiger partial charge on any atom is 0.229 e. The van der Waals surface area contributed by atoms with Crippen molar-refractivity contribution in [2.75, 3.05) is 13.6 Å². The third-order valence-electron chi connectivity index (χ3n) is 2.89. The molecule has 6 heteroatoms. The second-order valence-electron chi connectivity index (χ2n) is 4.43. The molecule has 0 radical (unpaired) electrons. The van der Waals surface area contributed by atoms with Crippen LogP contribution < -0.4 is 0 Å². The predicted molar refractivity (Wildman–Crippen MR) is 81.0 cm³/mol. The van der Waals surface area contributed by atoms with Crippen LogP contribution in [0, 0.1) is 0 Å². The van der Waals surface area contributed by atoms with E-state index in [4.69, 9.17) is 11.6 Å². The molecule has 0 aromatic carbocycles. The summed E-state index contributed by atoms with van der Waals surface area (Å²) in [4.78, 5) is 22.3. The molecule has 0 aliphatic heterocycles. The van der Waals surface area contributed by atoms with Gasteiger partial charge in [0, 0.05) is 37.3 Å². The summed E-state index contributed by atoms with van der Waals surface area (Å²) in [6.07, 6.45) is 2.86. The average molecular weight is 310 g/mol. The van der Waals surface area contributed by atoms with Crippen molar-refractivity contribution in [3.63, 3.8) is 0 Å². The maximum atomic E-state index is 12.1. The number of alkyl halides is 1. The zero-order valence-corrected chi connectivity index (χ0v) is 12.8. The van der Waals surface area contributed by atoms with Crippen molar-refractivity contribution in [2.24, 2.45) is 0 Å². The molecular formula is C14H16ClN3OS. The highest BCUT2D eigenvalue weighted by atomic mass is 35.5. The molecule has 20 heavy (non-hydrogen) atoms. The maximum absolute atomic E-state index is 12.1. The van der Waals surface area contributed by atoms with Crippen LogP contribution in [0.4, 0.5) is 0 Å². The van der Waals surface area contributed by atoms with Crippen LogP contribution in [0.1, 0.15) is 16.4 Å². The first-order valence-corrected chi connectivity index (χ1v) is 7.73. The number of carbonyl (C=O) groups excluding carboxylic acids is 1. The van der Waals surface area contributed by atoms with Crippen LogP contribution in [0.3, 0.4) is 0 Å². The van der Waals surface area contributed by atoms with E-state index in [0.29, 0.717) is 18.8 Å². The first-order valence-electron chi connectivity index (χ1n) is 6.32. The van der Waals surface area contributed by atoms with Gasteiger partial charge < -0.3 is 4.90 Å². The van der Waals surface area contributed by atoms with Crippen molar-refractivity contribution in [2.45, 2.75) is 18.7 Å². The van der Waals surface area contributed by atoms with Gasteiger partial charge in [0.15, 0.2) is 0 Å². The third kappa shape index (κ3) is 4.28. The molecule has 2 heterocycles. The van der Waals surface area contributed by atoms with Gasteiger partial charge in [0.05, 0.1) is 18.0 Å². The number of pyridine rings is 1. The molecule has 0 aliphatic rings. The smallest absolute Gasteiger partial charge is 0.229 e. The molecule has 0 atom stereocenters. The Balaban J connectivity index is 1.82. The molecule has 2 aromatic rings. The summed E-state index contributed by atoms with van der Waals surface area (Å²) in [5.74, 6) is 0.455. The highest BCUT2D eigenvalue weighted by Crippen LogP contribution is 2.13. The Hall–Kier alpha value is -1.46. The van der Waals surface area contributed by atoms with Crippen molar-refractivity contribution >= 4 is 28.8 Å². The van der Waals surface area contributed by atoms with Gasteiger partial charge in [-0.15, -0.1) is 22.9 Å². The SMILES string of the molecule is CN(CCc1ccccn1)C(=O)Cc1nc(CCl)cs1. The summed E-state index contributed by atoms with van der Waals surface area (Å²) in [6, 6.07) is 5.80. The van der Waals surface area contributed by atoms with Crippen LogP contribution >= 0.6 is 22.9 Å². The topological polar surface area (TPSA) is 46.1 Å². The predicted octanol–water partition coefficient (Wildman–Crippen LogP) is 2.52. The fourth-order valence-electron chi connectivity index (χ4n) is 1.71. The number of thiazole rings is 1. The number of likely N-dealkylation sites (N-methyl/N-ethyl adjacent to an activating group) is 1. The highest BCUT2D eigenvalue weighted by molar-refractivity contribution is 7.09. The van der Waals surface area contributed by atoms with E-state index in [1.165, 1.54) is 11.3 Å². The molecule has 2 aromatic heterocycles. The lowest BCUT2D eigenvalue weighted by atomic mass is 10.2. The molecule has 0 spiro atoms. The van der Waals surface area contributed by atoms with E-state index in [0.717, 1.165) is 22.8 Å². The summed E-state index contributed by atoms with van der Waals surface area (Å²) in [7, 11) is 1.81. The Morgan fingerprint density at radius 1 is 1.40 bits per heavy atom. The van der Waals surface area contributed by atoms with Crippen LogP contribution in [0.5, 0.6) is 0 Å². The molecule has 0 bridgehead atoms. The number of rotatable bonds is 6. The fourth-order valence-corrected chi connectivity index (χ4v) is 2.72. The molecule has 0 N–H and O–H groups in total. The van der Waals surface area contributed by atoms with Crippen molar-refractivity contribution in [3.05, 3.63) is 46.2 Å². The van der Waals surface area contributed by atoms with E-state index in [-0.39, 0.29) is 5.91 Å². The molecule has 0 saturated heterocycles. The second-order valence-corrected chi connectivity index (χ2v) is 5.64. The minimum Gasteiger partial charge on any atom is -0.345 e. The van der Waals surface area contributed by atoms with Crippen molar-refractivity contribution in [3.8, 4) is 0 Å². The number of amides is 1.